The highest BCUT2D eigenvalue weighted by molar-refractivity contribution is 4.86. The molecule has 17 heavy (non-hydrogen) atoms. The van der Waals surface area contributed by atoms with Crippen molar-refractivity contribution in [3.63, 3.8) is 0 Å². The van der Waals surface area contributed by atoms with Crippen LogP contribution < -0.4 is 5.73 Å². The maximum Gasteiger partial charge on any atom is 0.0477 e. The molecule has 2 heterocycles. The van der Waals surface area contributed by atoms with Crippen molar-refractivity contribution in [2.75, 3.05) is 46.4 Å². The number of hydrogen-bond acceptors (Lipinski definition) is 4. The summed E-state index contributed by atoms with van der Waals surface area (Å²) < 4.78 is 5.08. The van der Waals surface area contributed by atoms with Gasteiger partial charge in [-0.05, 0) is 25.8 Å². The van der Waals surface area contributed by atoms with E-state index in [1.807, 2.05) is 0 Å². The predicted octanol–water partition coefficient (Wildman–Crippen LogP) is 0.520. The zero-order chi connectivity index (χ0) is 12.1. The lowest BCUT2D eigenvalue weighted by Crippen LogP contribution is -2.56. The van der Waals surface area contributed by atoms with E-state index in [9.17, 15) is 0 Å². The zero-order valence-corrected chi connectivity index (χ0v) is 11.1. The average Bonchev–Trinajstić information content (AvgIpc) is 2.36. The van der Waals surface area contributed by atoms with Crippen LogP contribution in [0.5, 0.6) is 0 Å². The summed E-state index contributed by atoms with van der Waals surface area (Å²) in [6, 6.07) is 1.07. The maximum atomic E-state index is 6.12. The Labute approximate surface area is 105 Å². The summed E-state index contributed by atoms with van der Waals surface area (Å²) in [5.41, 5.74) is 6.12. The van der Waals surface area contributed by atoms with Gasteiger partial charge in [0.05, 0.1) is 0 Å². The molecule has 0 bridgehead atoms. The summed E-state index contributed by atoms with van der Waals surface area (Å²) in [7, 11) is 1.74. The first-order valence-electron chi connectivity index (χ1n) is 7.00. The van der Waals surface area contributed by atoms with Crippen molar-refractivity contribution < 1.29 is 4.74 Å². The number of nitrogens with two attached hydrogens (primary N) is 1. The highest BCUT2D eigenvalue weighted by atomic mass is 16.5. The van der Waals surface area contributed by atoms with E-state index in [0.717, 1.165) is 25.6 Å². The Bertz CT molecular complexity index is 225. The Hall–Kier alpha value is -0.160. The lowest BCUT2D eigenvalue weighted by atomic mass is 9.99. The molecular weight excluding hydrogens is 214 g/mol. The number of piperazine rings is 1. The van der Waals surface area contributed by atoms with Gasteiger partial charge >= 0.3 is 0 Å². The number of fused-ring (bicyclic) bond motifs is 1. The van der Waals surface area contributed by atoms with E-state index in [-0.39, 0.29) is 6.04 Å². The van der Waals surface area contributed by atoms with E-state index in [4.69, 9.17) is 10.5 Å². The molecule has 0 spiro atoms. The van der Waals surface area contributed by atoms with Gasteiger partial charge in [0.1, 0.15) is 0 Å². The normalized spacial score (nSPS) is 28.9. The van der Waals surface area contributed by atoms with Crippen molar-refractivity contribution in [2.45, 2.75) is 37.8 Å². The Morgan fingerprint density at radius 3 is 3.00 bits per heavy atom. The molecule has 0 aliphatic carbocycles. The van der Waals surface area contributed by atoms with Crippen molar-refractivity contribution in [2.24, 2.45) is 5.73 Å². The van der Waals surface area contributed by atoms with Gasteiger partial charge in [0, 0.05) is 52.0 Å². The largest absolute Gasteiger partial charge is 0.385 e. The third kappa shape index (κ3) is 3.91. The second-order valence-corrected chi connectivity index (χ2v) is 5.49. The molecular formula is C13H27N3O. The van der Waals surface area contributed by atoms with Gasteiger partial charge < -0.3 is 10.5 Å². The van der Waals surface area contributed by atoms with Crippen LogP contribution in [0, 0.1) is 0 Å². The van der Waals surface area contributed by atoms with E-state index >= 15 is 0 Å². The monoisotopic (exact) mass is 241 g/mol. The van der Waals surface area contributed by atoms with Crippen LogP contribution in [-0.4, -0.2) is 68.3 Å². The smallest absolute Gasteiger partial charge is 0.0477 e. The topological polar surface area (TPSA) is 41.7 Å². The highest BCUT2D eigenvalue weighted by Crippen LogP contribution is 2.21. The minimum atomic E-state index is 0.269. The lowest BCUT2D eigenvalue weighted by molar-refractivity contribution is 0.0449. The van der Waals surface area contributed by atoms with Crippen LogP contribution in [0.25, 0.3) is 0 Å². The van der Waals surface area contributed by atoms with Crippen LogP contribution in [0.15, 0.2) is 0 Å². The van der Waals surface area contributed by atoms with Crippen molar-refractivity contribution in [1.29, 1.82) is 0 Å². The van der Waals surface area contributed by atoms with Gasteiger partial charge in [-0.1, -0.05) is 6.42 Å². The molecule has 4 nitrogen and oxygen atoms in total. The fourth-order valence-electron chi connectivity index (χ4n) is 3.08. The number of piperidine rings is 1. The first kappa shape index (κ1) is 13.3. The average molecular weight is 241 g/mol. The van der Waals surface area contributed by atoms with E-state index < -0.39 is 0 Å². The van der Waals surface area contributed by atoms with Gasteiger partial charge in [0.15, 0.2) is 0 Å². The maximum absolute atomic E-state index is 6.12. The molecule has 4 heteroatoms. The first-order valence-corrected chi connectivity index (χ1v) is 7.00. The SMILES string of the molecule is COCCC(N)CN1CCN2CCCCC2C1. The second-order valence-electron chi connectivity index (χ2n) is 5.49. The van der Waals surface area contributed by atoms with Crippen molar-refractivity contribution in [3.05, 3.63) is 0 Å². The molecule has 100 valence electrons. The van der Waals surface area contributed by atoms with Crippen LogP contribution in [-0.2, 0) is 4.74 Å². The number of rotatable bonds is 5. The van der Waals surface area contributed by atoms with Crippen LogP contribution >= 0.6 is 0 Å². The molecule has 2 N–H and O–H groups in total. The van der Waals surface area contributed by atoms with Gasteiger partial charge in [-0.2, -0.15) is 0 Å². The molecule has 2 fully saturated rings. The molecule has 0 aromatic heterocycles. The molecule has 2 saturated heterocycles. The molecule has 2 rings (SSSR count). The van der Waals surface area contributed by atoms with Crippen molar-refractivity contribution in [3.8, 4) is 0 Å². The fourth-order valence-corrected chi connectivity index (χ4v) is 3.08. The number of methoxy groups -OCH3 is 1. The van der Waals surface area contributed by atoms with E-state index in [2.05, 4.69) is 9.80 Å². The molecule has 2 unspecified atom stereocenters. The molecule has 2 aliphatic heterocycles. The molecule has 2 atom stereocenters. The molecule has 0 saturated carbocycles. The summed E-state index contributed by atoms with van der Waals surface area (Å²) in [5.74, 6) is 0. The van der Waals surface area contributed by atoms with Crippen LogP contribution in [0.3, 0.4) is 0 Å². The quantitative estimate of drug-likeness (QED) is 0.762. The Balaban J connectivity index is 1.71. The molecule has 0 radical (unpaired) electrons. The first-order chi connectivity index (χ1) is 8.29. The number of ether oxygens (including phenoxy) is 1. The molecule has 0 aromatic rings. The van der Waals surface area contributed by atoms with Crippen LogP contribution in [0.1, 0.15) is 25.7 Å². The zero-order valence-electron chi connectivity index (χ0n) is 11.1. The van der Waals surface area contributed by atoms with Gasteiger partial charge in [0.2, 0.25) is 0 Å². The molecule has 2 aliphatic rings. The van der Waals surface area contributed by atoms with Gasteiger partial charge in [-0.15, -0.1) is 0 Å². The summed E-state index contributed by atoms with van der Waals surface area (Å²) in [4.78, 5) is 5.22. The summed E-state index contributed by atoms with van der Waals surface area (Å²) in [6.45, 7) is 6.78. The highest BCUT2D eigenvalue weighted by Gasteiger charge is 2.29. The van der Waals surface area contributed by atoms with Crippen molar-refractivity contribution in [1.82, 2.24) is 9.80 Å². The predicted molar refractivity (Wildman–Crippen MR) is 70.1 cm³/mol. The fraction of sp³-hybridized carbons (Fsp3) is 1.00. The molecule has 0 amide bonds. The Morgan fingerprint density at radius 2 is 2.18 bits per heavy atom. The third-order valence-electron chi connectivity index (χ3n) is 4.11. The second kappa shape index (κ2) is 6.69. The van der Waals surface area contributed by atoms with Gasteiger partial charge in [-0.3, -0.25) is 9.80 Å². The minimum Gasteiger partial charge on any atom is -0.385 e. The van der Waals surface area contributed by atoms with E-state index in [1.165, 1.54) is 45.4 Å². The standard InChI is InChI=1S/C13H27N3O/c1-17-9-5-12(14)10-15-7-8-16-6-3-2-4-13(16)11-15/h12-13H,2-11,14H2,1H3. The van der Waals surface area contributed by atoms with Crippen LogP contribution in [0.4, 0.5) is 0 Å². The summed E-state index contributed by atoms with van der Waals surface area (Å²) in [6.07, 6.45) is 5.15. The van der Waals surface area contributed by atoms with Gasteiger partial charge in [-0.25, -0.2) is 0 Å². The van der Waals surface area contributed by atoms with E-state index in [0.29, 0.717) is 0 Å². The summed E-state index contributed by atoms with van der Waals surface area (Å²) in [5, 5.41) is 0. The minimum absolute atomic E-state index is 0.269. The third-order valence-corrected chi connectivity index (χ3v) is 4.11. The van der Waals surface area contributed by atoms with E-state index in [1.54, 1.807) is 7.11 Å². The van der Waals surface area contributed by atoms with Crippen molar-refractivity contribution >= 4 is 0 Å². The Kier molecular flexibility index (Phi) is 5.22. The lowest BCUT2D eigenvalue weighted by Gasteiger charge is -2.44. The van der Waals surface area contributed by atoms with Crippen LogP contribution in [0.2, 0.25) is 0 Å². The molecule has 0 aromatic carbocycles. The number of hydrogen-bond donors (Lipinski definition) is 1. The van der Waals surface area contributed by atoms with Gasteiger partial charge in [0.25, 0.3) is 0 Å². The Morgan fingerprint density at radius 1 is 1.29 bits per heavy atom. The number of nitrogens with zero attached hydrogens (tertiary/aromatic N) is 2. The summed E-state index contributed by atoms with van der Waals surface area (Å²) >= 11 is 0.